The first-order chi connectivity index (χ1) is 15.0. The summed E-state index contributed by atoms with van der Waals surface area (Å²) in [6, 6.07) is 8.87. The average Bonchev–Trinajstić information content (AvgIpc) is 3.14. The van der Waals surface area contributed by atoms with Gasteiger partial charge in [0, 0.05) is 0 Å². The molecule has 1 heterocycles. The molecule has 0 aliphatic rings. The van der Waals surface area contributed by atoms with Crippen molar-refractivity contribution in [3.05, 3.63) is 41.7 Å². The average molecular weight is 449 g/mol. The molecular formula is C21H32N6O5. The number of ether oxygens (including phenoxy) is 2. The van der Waals surface area contributed by atoms with Crippen LogP contribution in [0, 0.1) is 0 Å². The second-order valence-corrected chi connectivity index (χ2v) is 8.76. The molecule has 1 aromatic carbocycles. The van der Waals surface area contributed by atoms with Gasteiger partial charge >= 0.3 is 6.09 Å². The highest BCUT2D eigenvalue weighted by atomic mass is 16.6. The highest BCUT2D eigenvalue weighted by Gasteiger charge is 2.34. The molecule has 176 valence electrons. The van der Waals surface area contributed by atoms with Crippen molar-refractivity contribution in [1.82, 2.24) is 30.8 Å². The minimum atomic E-state index is -1.28. The summed E-state index contributed by atoms with van der Waals surface area (Å²) in [5.41, 5.74) is -1.01. The van der Waals surface area contributed by atoms with Gasteiger partial charge in [0.15, 0.2) is 5.82 Å². The third kappa shape index (κ3) is 7.89. The monoisotopic (exact) mass is 448 g/mol. The predicted octanol–water partition coefficient (Wildman–Crippen LogP) is 1.34. The summed E-state index contributed by atoms with van der Waals surface area (Å²) >= 11 is 0. The molecule has 0 bridgehead atoms. The van der Waals surface area contributed by atoms with E-state index in [9.17, 15) is 14.7 Å². The zero-order valence-electron chi connectivity index (χ0n) is 19.2. The number of tetrazole rings is 1. The summed E-state index contributed by atoms with van der Waals surface area (Å²) in [5, 5.41) is 26.2. The van der Waals surface area contributed by atoms with Gasteiger partial charge in [-0.1, -0.05) is 30.3 Å². The molecule has 2 amide bonds. The van der Waals surface area contributed by atoms with E-state index in [1.54, 1.807) is 34.6 Å². The van der Waals surface area contributed by atoms with E-state index in [1.165, 1.54) is 4.68 Å². The Morgan fingerprint density at radius 3 is 2.47 bits per heavy atom. The molecule has 0 fully saturated rings. The first-order valence-electron chi connectivity index (χ1n) is 10.3. The highest BCUT2D eigenvalue weighted by molar-refractivity contribution is 5.89. The number of amides is 2. The van der Waals surface area contributed by atoms with E-state index in [1.807, 2.05) is 30.3 Å². The Morgan fingerprint density at radius 1 is 1.16 bits per heavy atom. The van der Waals surface area contributed by atoms with Gasteiger partial charge in [-0.15, -0.1) is 5.10 Å². The van der Waals surface area contributed by atoms with Crippen LogP contribution in [0.1, 0.15) is 52.0 Å². The number of aliphatic hydroxyl groups excluding tert-OH is 1. The zero-order chi connectivity index (χ0) is 23.8. The standard InChI is InChI=1S/C21H32N6O5/c1-20(2,3)32-19(30)23-21(4,5)18(29)22-16(17-24-25-26-27(17)11-12-28)14-31-13-15-9-7-6-8-10-15/h6-10,16,28H,11-14H2,1-5H3,(H,22,29)(H,23,30)/t16-/m1/s1. The van der Waals surface area contributed by atoms with Crippen molar-refractivity contribution in [2.75, 3.05) is 13.2 Å². The molecule has 11 heteroatoms. The van der Waals surface area contributed by atoms with Crippen molar-refractivity contribution < 1.29 is 24.2 Å². The van der Waals surface area contributed by atoms with Crippen LogP contribution >= 0.6 is 0 Å². The maximum atomic E-state index is 13.0. The molecule has 3 N–H and O–H groups in total. The molecule has 2 aromatic rings. The van der Waals surface area contributed by atoms with Gasteiger partial charge in [-0.3, -0.25) is 4.79 Å². The minimum absolute atomic E-state index is 0.0783. The number of aromatic nitrogens is 4. The van der Waals surface area contributed by atoms with Gasteiger partial charge in [0.05, 0.1) is 26.4 Å². The molecule has 1 atom stereocenters. The number of hydrogen-bond acceptors (Lipinski definition) is 8. The number of hydrogen-bond donors (Lipinski definition) is 3. The molecular weight excluding hydrogens is 416 g/mol. The fourth-order valence-electron chi connectivity index (χ4n) is 2.72. The molecule has 32 heavy (non-hydrogen) atoms. The largest absolute Gasteiger partial charge is 0.444 e. The van der Waals surface area contributed by atoms with Crippen molar-refractivity contribution in [2.24, 2.45) is 0 Å². The number of nitrogens with zero attached hydrogens (tertiary/aromatic N) is 4. The number of aliphatic hydroxyl groups is 1. The molecule has 2 rings (SSSR count). The number of nitrogens with one attached hydrogen (secondary N) is 2. The minimum Gasteiger partial charge on any atom is -0.444 e. The molecule has 0 saturated heterocycles. The molecule has 0 radical (unpaired) electrons. The second-order valence-electron chi connectivity index (χ2n) is 8.76. The van der Waals surface area contributed by atoms with Crippen molar-refractivity contribution in [2.45, 2.75) is 65.0 Å². The number of alkyl carbamates (subject to hydrolysis) is 1. The van der Waals surface area contributed by atoms with E-state index in [4.69, 9.17) is 9.47 Å². The van der Waals surface area contributed by atoms with Gasteiger partial charge in [-0.25, -0.2) is 9.48 Å². The van der Waals surface area contributed by atoms with E-state index in [0.29, 0.717) is 12.4 Å². The van der Waals surface area contributed by atoms with E-state index in [-0.39, 0.29) is 19.8 Å². The van der Waals surface area contributed by atoms with Gasteiger partial charge in [0.1, 0.15) is 17.2 Å². The van der Waals surface area contributed by atoms with E-state index in [2.05, 4.69) is 26.2 Å². The Morgan fingerprint density at radius 2 is 1.84 bits per heavy atom. The van der Waals surface area contributed by atoms with Crippen LogP contribution in [0.2, 0.25) is 0 Å². The zero-order valence-corrected chi connectivity index (χ0v) is 19.2. The molecule has 0 aliphatic carbocycles. The van der Waals surface area contributed by atoms with Crippen molar-refractivity contribution in [1.29, 1.82) is 0 Å². The van der Waals surface area contributed by atoms with Crippen LogP contribution in [0.25, 0.3) is 0 Å². The van der Waals surface area contributed by atoms with E-state index in [0.717, 1.165) is 5.56 Å². The Labute approximate surface area is 187 Å². The Bertz CT molecular complexity index is 878. The van der Waals surface area contributed by atoms with Crippen LogP contribution in [-0.4, -0.2) is 61.7 Å². The molecule has 0 saturated carbocycles. The van der Waals surface area contributed by atoms with Gasteiger partial charge in [-0.2, -0.15) is 0 Å². The highest BCUT2D eigenvalue weighted by Crippen LogP contribution is 2.15. The Balaban J connectivity index is 2.11. The van der Waals surface area contributed by atoms with E-state index >= 15 is 0 Å². The van der Waals surface area contributed by atoms with Crippen LogP contribution in [-0.2, 0) is 27.4 Å². The lowest BCUT2D eigenvalue weighted by molar-refractivity contribution is -0.127. The smallest absolute Gasteiger partial charge is 0.408 e. The quantitative estimate of drug-likeness (QED) is 0.495. The fraction of sp³-hybridized carbons (Fsp3) is 0.571. The molecule has 1 aromatic heterocycles. The van der Waals surface area contributed by atoms with Crippen LogP contribution in [0.5, 0.6) is 0 Å². The van der Waals surface area contributed by atoms with E-state index < -0.39 is 29.2 Å². The first-order valence-corrected chi connectivity index (χ1v) is 10.3. The van der Waals surface area contributed by atoms with Gasteiger partial charge in [0.2, 0.25) is 5.91 Å². The van der Waals surface area contributed by atoms with Crippen LogP contribution in [0.4, 0.5) is 4.79 Å². The normalized spacial score (nSPS) is 12.8. The summed E-state index contributed by atoms with van der Waals surface area (Å²) < 4.78 is 12.4. The molecule has 0 aliphatic heterocycles. The second kappa shape index (κ2) is 11.0. The van der Waals surface area contributed by atoms with Crippen LogP contribution in [0.3, 0.4) is 0 Å². The Kier molecular flexibility index (Phi) is 8.67. The summed E-state index contributed by atoms with van der Waals surface area (Å²) in [6.45, 7) is 8.73. The first kappa shape index (κ1) is 25.2. The van der Waals surface area contributed by atoms with Gasteiger partial charge in [0.25, 0.3) is 0 Å². The Hall–Kier alpha value is -3.05. The topological polar surface area (TPSA) is 140 Å². The van der Waals surface area contributed by atoms with Crippen LogP contribution < -0.4 is 10.6 Å². The van der Waals surface area contributed by atoms with Crippen molar-refractivity contribution in [3.63, 3.8) is 0 Å². The summed E-state index contributed by atoms with van der Waals surface area (Å²) in [4.78, 5) is 25.2. The number of benzene rings is 1. The number of carbonyl (C=O) groups is 2. The third-order valence-electron chi connectivity index (χ3n) is 4.27. The van der Waals surface area contributed by atoms with Crippen LogP contribution in [0.15, 0.2) is 30.3 Å². The third-order valence-corrected chi connectivity index (χ3v) is 4.27. The van der Waals surface area contributed by atoms with Gasteiger partial charge < -0.3 is 25.2 Å². The lowest BCUT2D eigenvalue weighted by Crippen LogP contribution is -2.56. The SMILES string of the molecule is CC(C)(C)OC(=O)NC(C)(C)C(=O)N[C@H](COCc1ccccc1)c1nnnn1CCO. The lowest BCUT2D eigenvalue weighted by Gasteiger charge is -2.29. The predicted molar refractivity (Wildman–Crippen MR) is 115 cm³/mol. The maximum absolute atomic E-state index is 13.0. The number of carbonyl (C=O) groups excluding carboxylic acids is 2. The maximum Gasteiger partial charge on any atom is 0.408 e. The summed E-state index contributed by atoms with van der Waals surface area (Å²) in [7, 11) is 0. The van der Waals surface area contributed by atoms with Gasteiger partial charge in [-0.05, 0) is 50.6 Å². The fourth-order valence-corrected chi connectivity index (χ4v) is 2.72. The molecule has 11 nitrogen and oxygen atoms in total. The number of rotatable bonds is 10. The summed E-state index contributed by atoms with van der Waals surface area (Å²) in [6.07, 6.45) is -0.709. The lowest BCUT2D eigenvalue weighted by atomic mass is 10.0. The van der Waals surface area contributed by atoms with Crippen molar-refractivity contribution >= 4 is 12.0 Å². The van der Waals surface area contributed by atoms with Crippen molar-refractivity contribution in [3.8, 4) is 0 Å². The molecule has 0 unspecified atom stereocenters. The molecule has 0 spiro atoms. The summed E-state index contributed by atoms with van der Waals surface area (Å²) in [5.74, 6) is -0.149.